The maximum atomic E-state index is 10.9. The molecule has 21 heavy (non-hydrogen) atoms. The lowest BCUT2D eigenvalue weighted by Crippen LogP contribution is -2.44. The summed E-state index contributed by atoms with van der Waals surface area (Å²) in [6.45, 7) is 11.9. The van der Waals surface area contributed by atoms with Crippen LogP contribution in [0.15, 0.2) is 6.07 Å². The summed E-state index contributed by atoms with van der Waals surface area (Å²) in [6, 6.07) is 2.22. The lowest BCUT2D eigenvalue weighted by Gasteiger charge is -2.48. The van der Waals surface area contributed by atoms with Crippen molar-refractivity contribution in [3.8, 4) is 5.75 Å². The van der Waals surface area contributed by atoms with Gasteiger partial charge in [0.15, 0.2) is 0 Å². The van der Waals surface area contributed by atoms with Gasteiger partial charge in [-0.2, -0.15) is 0 Å². The minimum absolute atomic E-state index is 0.0305. The third-order valence-corrected chi connectivity index (χ3v) is 5.50. The van der Waals surface area contributed by atoms with Gasteiger partial charge < -0.3 is 15.7 Å². The maximum absolute atomic E-state index is 10.9. The molecule has 0 fully saturated rings. The fraction of sp³-hybridized carbons (Fsp3) is 0.667. The summed E-state index contributed by atoms with van der Waals surface area (Å²) in [7, 11) is 0. The van der Waals surface area contributed by atoms with Gasteiger partial charge in [-0.1, -0.05) is 27.7 Å². The van der Waals surface area contributed by atoms with E-state index in [1.54, 1.807) is 0 Å². The van der Waals surface area contributed by atoms with E-state index in [9.17, 15) is 5.11 Å². The molecule has 0 aliphatic carbocycles. The van der Waals surface area contributed by atoms with Crippen LogP contribution >= 0.6 is 0 Å². The van der Waals surface area contributed by atoms with Crippen molar-refractivity contribution in [2.75, 3.05) is 24.5 Å². The topological polar surface area (TPSA) is 49.5 Å². The SMILES string of the molecule is CC1(C)CCN2CCC(C)(C)c3c(O)c(CCN)cc1c32. The van der Waals surface area contributed by atoms with Crippen molar-refractivity contribution in [2.45, 2.75) is 57.8 Å². The average Bonchev–Trinajstić information content (AvgIpc) is 2.39. The minimum atomic E-state index is 0.0305. The number of nitrogens with two attached hydrogens (primary N) is 1. The Morgan fingerprint density at radius 2 is 1.76 bits per heavy atom. The van der Waals surface area contributed by atoms with E-state index in [-0.39, 0.29) is 10.8 Å². The van der Waals surface area contributed by atoms with E-state index in [2.05, 4.69) is 38.7 Å². The minimum Gasteiger partial charge on any atom is -0.507 e. The van der Waals surface area contributed by atoms with Crippen LogP contribution in [0, 0.1) is 0 Å². The first-order chi connectivity index (χ1) is 9.78. The van der Waals surface area contributed by atoms with Gasteiger partial charge in [-0.25, -0.2) is 0 Å². The van der Waals surface area contributed by atoms with Gasteiger partial charge in [0.25, 0.3) is 0 Å². The Hall–Kier alpha value is -1.22. The molecule has 2 heterocycles. The molecule has 0 saturated heterocycles. The van der Waals surface area contributed by atoms with Crippen LogP contribution < -0.4 is 10.6 Å². The van der Waals surface area contributed by atoms with Crippen molar-refractivity contribution in [3.05, 3.63) is 22.8 Å². The van der Waals surface area contributed by atoms with Crippen molar-refractivity contribution in [1.82, 2.24) is 0 Å². The van der Waals surface area contributed by atoms with Crippen molar-refractivity contribution < 1.29 is 5.11 Å². The highest BCUT2D eigenvalue weighted by Gasteiger charge is 2.42. The monoisotopic (exact) mass is 288 g/mol. The largest absolute Gasteiger partial charge is 0.507 e. The first-order valence-electron chi connectivity index (χ1n) is 8.13. The van der Waals surface area contributed by atoms with Crippen molar-refractivity contribution in [2.24, 2.45) is 5.73 Å². The Kier molecular flexibility index (Phi) is 3.25. The highest BCUT2D eigenvalue weighted by Crippen LogP contribution is 2.53. The number of benzene rings is 1. The third kappa shape index (κ3) is 2.13. The van der Waals surface area contributed by atoms with Crippen LogP contribution in [-0.2, 0) is 17.3 Å². The summed E-state index contributed by atoms with van der Waals surface area (Å²) in [6.07, 6.45) is 3.02. The van der Waals surface area contributed by atoms with Gasteiger partial charge in [-0.15, -0.1) is 0 Å². The van der Waals surface area contributed by atoms with E-state index in [0.717, 1.165) is 37.1 Å². The van der Waals surface area contributed by atoms with Crippen molar-refractivity contribution >= 4 is 5.69 Å². The van der Waals surface area contributed by atoms with Gasteiger partial charge in [-0.05, 0) is 53.8 Å². The molecule has 3 heteroatoms. The Morgan fingerprint density at radius 1 is 1.14 bits per heavy atom. The number of nitrogens with zero attached hydrogens (tertiary/aromatic N) is 1. The third-order valence-electron chi connectivity index (χ3n) is 5.50. The molecular weight excluding hydrogens is 260 g/mol. The molecule has 0 unspecified atom stereocenters. The van der Waals surface area contributed by atoms with E-state index in [1.807, 2.05) is 0 Å². The summed E-state index contributed by atoms with van der Waals surface area (Å²) in [4.78, 5) is 2.48. The lowest BCUT2D eigenvalue weighted by atomic mass is 9.68. The zero-order valence-electron chi connectivity index (χ0n) is 13.8. The Morgan fingerprint density at radius 3 is 2.38 bits per heavy atom. The number of anilines is 1. The van der Waals surface area contributed by atoms with Crippen LogP contribution in [0.5, 0.6) is 5.75 Å². The van der Waals surface area contributed by atoms with Crippen LogP contribution in [-0.4, -0.2) is 24.7 Å². The second-order valence-electron chi connectivity index (χ2n) is 7.95. The summed E-state index contributed by atoms with van der Waals surface area (Å²) < 4.78 is 0. The molecule has 3 rings (SSSR count). The van der Waals surface area contributed by atoms with Gasteiger partial charge in [0.1, 0.15) is 5.75 Å². The zero-order valence-corrected chi connectivity index (χ0v) is 13.8. The Labute approximate surface area is 128 Å². The van der Waals surface area contributed by atoms with E-state index >= 15 is 0 Å². The summed E-state index contributed by atoms with van der Waals surface area (Å²) in [5.41, 5.74) is 10.8. The molecule has 2 aliphatic heterocycles. The van der Waals surface area contributed by atoms with Gasteiger partial charge in [0.2, 0.25) is 0 Å². The molecule has 0 bridgehead atoms. The van der Waals surface area contributed by atoms with Gasteiger partial charge in [0.05, 0.1) is 0 Å². The number of rotatable bonds is 2. The van der Waals surface area contributed by atoms with E-state index < -0.39 is 0 Å². The second kappa shape index (κ2) is 4.64. The Bertz CT molecular complexity index is 573. The van der Waals surface area contributed by atoms with E-state index in [4.69, 9.17) is 5.73 Å². The average molecular weight is 288 g/mol. The molecule has 0 spiro atoms. The van der Waals surface area contributed by atoms with E-state index in [1.165, 1.54) is 17.7 Å². The van der Waals surface area contributed by atoms with Crippen LogP contribution in [0.4, 0.5) is 5.69 Å². The molecule has 0 amide bonds. The molecule has 116 valence electrons. The first-order valence-corrected chi connectivity index (χ1v) is 8.13. The molecular formula is C18H28N2O. The molecule has 0 aromatic heterocycles. The summed E-state index contributed by atoms with van der Waals surface area (Å²) >= 11 is 0. The molecule has 1 aromatic carbocycles. The van der Waals surface area contributed by atoms with Crippen molar-refractivity contribution in [3.63, 3.8) is 0 Å². The lowest BCUT2D eigenvalue weighted by molar-refractivity contribution is 0.376. The molecule has 0 radical (unpaired) electrons. The summed E-state index contributed by atoms with van der Waals surface area (Å²) in [5, 5.41) is 10.9. The van der Waals surface area contributed by atoms with Crippen LogP contribution in [0.25, 0.3) is 0 Å². The summed E-state index contributed by atoms with van der Waals surface area (Å²) in [5.74, 6) is 0.492. The maximum Gasteiger partial charge on any atom is 0.124 e. The van der Waals surface area contributed by atoms with Crippen LogP contribution in [0.3, 0.4) is 0 Å². The van der Waals surface area contributed by atoms with Crippen LogP contribution in [0.1, 0.15) is 57.2 Å². The quantitative estimate of drug-likeness (QED) is 0.879. The fourth-order valence-corrected chi connectivity index (χ4v) is 3.97. The number of hydrogen-bond donors (Lipinski definition) is 2. The molecule has 2 aliphatic rings. The van der Waals surface area contributed by atoms with Crippen molar-refractivity contribution in [1.29, 1.82) is 0 Å². The predicted octanol–water partition coefficient (Wildman–Crippen LogP) is 3.06. The molecule has 1 aromatic rings. The van der Waals surface area contributed by atoms with Crippen LogP contribution in [0.2, 0.25) is 0 Å². The second-order valence-corrected chi connectivity index (χ2v) is 7.95. The number of phenols is 1. The normalized spacial score (nSPS) is 22.0. The van der Waals surface area contributed by atoms with Gasteiger partial charge in [0, 0.05) is 24.3 Å². The van der Waals surface area contributed by atoms with Gasteiger partial charge in [-0.3, -0.25) is 0 Å². The standard InChI is InChI=1S/C18H28N2O/c1-17(2)6-9-20-10-7-18(3,4)14-15(20)13(17)11-12(5-8-19)16(14)21/h11,21H,5-10,19H2,1-4H3. The fourth-order valence-electron chi connectivity index (χ4n) is 3.97. The molecule has 0 saturated carbocycles. The molecule has 3 nitrogen and oxygen atoms in total. The zero-order chi connectivity index (χ0) is 15.4. The Balaban J connectivity index is 2.32. The first kappa shape index (κ1) is 14.7. The number of aromatic hydroxyl groups is 1. The highest BCUT2D eigenvalue weighted by atomic mass is 16.3. The number of phenolic OH excluding ortho intramolecular Hbond substituents is 1. The predicted molar refractivity (Wildman–Crippen MR) is 88.4 cm³/mol. The molecule has 3 N–H and O–H groups in total. The smallest absolute Gasteiger partial charge is 0.124 e. The van der Waals surface area contributed by atoms with E-state index in [0.29, 0.717) is 12.3 Å². The van der Waals surface area contributed by atoms with Gasteiger partial charge >= 0.3 is 0 Å². The number of hydrogen-bond acceptors (Lipinski definition) is 3. The highest BCUT2D eigenvalue weighted by molar-refractivity contribution is 5.73. The molecule has 0 atom stereocenters.